The fourth-order valence-electron chi connectivity index (χ4n) is 1.59. The van der Waals surface area contributed by atoms with Gasteiger partial charge in [-0.3, -0.25) is 4.98 Å². The van der Waals surface area contributed by atoms with Crippen molar-refractivity contribution in [2.24, 2.45) is 0 Å². The number of aromatic nitrogens is 1. The molecule has 0 aliphatic carbocycles. The summed E-state index contributed by atoms with van der Waals surface area (Å²) in [6.07, 6.45) is 1.18. The normalized spacial score (nSPS) is 16.1. The number of rotatable bonds is 6. The van der Waals surface area contributed by atoms with E-state index in [1.165, 1.54) is 12.3 Å². The first-order valence-corrected chi connectivity index (χ1v) is 12.2. The molecule has 138 valence electrons. The largest absolute Gasteiger partial charge is 0.598 e. The minimum atomic E-state index is -1.95. The van der Waals surface area contributed by atoms with Gasteiger partial charge in [-0.25, -0.2) is 4.39 Å². The molecule has 1 aromatic rings. The molecule has 0 aliphatic rings. The fourth-order valence-corrected chi connectivity index (χ4v) is 3.40. The summed E-state index contributed by atoms with van der Waals surface area (Å²) in [5, 5.41) is 0.0803. The van der Waals surface area contributed by atoms with Crippen molar-refractivity contribution in [3.8, 4) is 0 Å². The lowest BCUT2D eigenvalue weighted by Crippen LogP contribution is -2.46. The van der Waals surface area contributed by atoms with Crippen molar-refractivity contribution in [3.63, 3.8) is 0 Å². The average Bonchev–Trinajstić information content (AvgIpc) is 2.42. The van der Waals surface area contributed by atoms with E-state index in [-0.39, 0.29) is 16.9 Å². The van der Waals surface area contributed by atoms with E-state index in [1.807, 2.05) is 20.8 Å². The molecule has 7 heteroatoms. The number of nitrogens with zero attached hydrogens (tertiary/aromatic N) is 1. The van der Waals surface area contributed by atoms with E-state index in [0.29, 0.717) is 12.3 Å². The standard InChI is InChI=1S/C17H31FN2O2SSi/c1-16(2,3)23(21)20-15(14-10-9-13(18)11-19-14)12-22-24(7,8)17(4,5)6/h9-11,15,20H,12H2,1-8H3/t15-,23?/m0/s1. The van der Waals surface area contributed by atoms with E-state index in [2.05, 4.69) is 43.6 Å². The van der Waals surface area contributed by atoms with Gasteiger partial charge in [0.2, 0.25) is 0 Å². The molecule has 0 spiro atoms. The third-order valence-electron chi connectivity index (χ3n) is 4.33. The van der Waals surface area contributed by atoms with Crippen LogP contribution in [-0.4, -0.2) is 29.2 Å². The Morgan fingerprint density at radius 1 is 1.25 bits per heavy atom. The molecule has 0 radical (unpaired) electrons. The molecular weight excluding hydrogens is 343 g/mol. The van der Waals surface area contributed by atoms with E-state index in [4.69, 9.17) is 4.43 Å². The SMILES string of the molecule is CC(C)(C)[S+]([O-])N[C@@H](CO[Si](C)(C)C(C)(C)C)c1ccc(F)cn1. The summed E-state index contributed by atoms with van der Waals surface area (Å²) in [4.78, 5) is 4.14. The summed E-state index contributed by atoms with van der Waals surface area (Å²) < 4.78 is 34.6. The molecule has 0 fully saturated rings. The molecule has 0 aliphatic heterocycles. The molecule has 1 rings (SSSR count). The third-order valence-corrected chi connectivity index (χ3v) is 10.4. The molecule has 2 atom stereocenters. The molecule has 0 saturated carbocycles. The summed E-state index contributed by atoms with van der Waals surface area (Å²) in [6, 6.07) is 2.63. The summed E-state index contributed by atoms with van der Waals surface area (Å²) in [5.41, 5.74) is 0.632. The summed E-state index contributed by atoms with van der Waals surface area (Å²) >= 11 is -1.27. The van der Waals surface area contributed by atoms with Crippen LogP contribution in [0.5, 0.6) is 0 Å². The lowest BCUT2D eigenvalue weighted by atomic mass is 10.2. The number of hydrogen-bond acceptors (Lipinski definition) is 4. The van der Waals surface area contributed by atoms with Gasteiger partial charge in [0.1, 0.15) is 16.6 Å². The summed E-state index contributed by atoms with van der Waals surface area (Å²) in [7, 11) is -1.95. The van der Waals surface area contributed by atoms with Gasteiger partial charge in [-0.1, -0.05) is 20.8 Å². The monoisotopic (exact) mass is 374 g/mol. The van der Waals surface area contributed by atoms with Gasteiger partial charge in [-0.05, 0) is 51.0 Å². The predicted molar refractivity (Wildman–Crippen MR) is 101 cm³/mol. The summed E-state index contributed by atoms with van der Waals surface area (Å²) in [5.74, 6) is -0.389. The molecule has 24 heavy (non-hydrogen) atoms. The molecule has 4 nitrogen and oxygen atoms in total. The highest BCUT2D eigenvalue weighted by atomic mass is 32.2. The van der Waals surface area contributed by atoms with Crippen LogP contribution in [0.3, 0.4) is 0 Å². The zero-order chi connectivity index (χ0) is 18.8. The van der Waals surface area contributed by atoms with Gasteiger partial charge < -0.3 is 8.98 Å². The van der Waals surface area contributed by atoms with E-state index in [1.54, 1.807) is 6.07 Å². The van der Waals surface area contributed by atoms with Gasteiger partial charge in [0.15, 0.2) is 8.32 Å². The van der Waals surface area contributed by atoms with Crippen LogP contribution < -0.4 is 4.72 Å². The van der Waals surface area contributed by atoms with Gasteiger partial charge in [0.25, 0.3) is 0 Å². The van der Waals surface area contributed by atoms with Crippen molar-refractivity contribution in [3.05, 3.63) is 29.8 Å². The lowest BCUT2D eigenvalue weighted by Gasteiger charge is -2.37. The zero-order valence-electron chi connectivity index (χ0n) is 16.1. The molecule has 1 heterocycles. The van der Waals surface area contributed by atoms with Gasteiger partial charge in [-0.15, -0.1) is 4.72 Å². The Morgan fingerprint density at radius 2 is 1.83 bits per heavy atom. The average molecular weight is 375 g/mol. The van der Waals surface area contributed by atoms with E-state index >= 15 is 0 Å². The third kappa shape index (κ3) is 6.11. The molecule has 0 aromatic carbocycles. The number of pyridine rings is 1. The maximum atomic E-state index is 13.2. The van der Waals surface area contributed by atoms with Crippen LogP contribution in [0.1, 0.15) is 53.3 Å². The smallest absolute Gasteiger partial charge is 0.192 e. The second-order valence-electron chi connectivity index (χ2n) is 8.52. The Morgan fingerprint density at radius 3 is 2.25 bits per heavy atom. The first-order chi connectivity index (χ1) is 10.7. The number of hydrogen-bond donors (Lipinski definition) is 1. The van der Waals surface area contributed by atoms with Crippen molar-refractivity contribution in [2.45, 2.75) is 70.5 Å². The second kappa shape index (κ2) is 7.82. The molecule has 1 unspecified atom stereocenters. The van der Waals surface area contributed by atoms with Gasteiger partial charge in [0.05, 0.1) is 18.5 Å². The first-order valence-electron chi connectivity index (χ1n) is 8.17. The highest BCUT2D eigenvalue weighted by molar-refractivity contribution is 7.90. The lowest BCUT2D eigenvalue weighted by molar-refractivity contribution is 0.254. The highest BCUT2D eigenvalue weighted by Gasteiger charge is 2.39. The number of nitrogens with one attached hydrogen (secondary N) is 1. The van der Waals surface area contributed by atoms with Crippen molar-refractivity contribution >= 4 is 19.7 Å². The molecule has 0 saturated heterocycles. The quantitative estimate of drug-likeness (QED) is 0.594. The van der Waals surface area contributed by atoms with Crippen molar-refractivity contribution in [1.29, 1.82) is 0 Å². The topological polar surface area (TPSA) is 57.2 Å². The molecule has 1 N–H and O–H groups in total. The van der Waals surface area contributed by atoms with E-state index in [9.17, 15) is 8.94 Å². The van der Waals surface area contributed by atoms with Gasteiger partial charge in [-0.2, -0.15) is 0 Å². The van der Waals surface area contributed by atoms with Crippen LogP contribution in [-0.2, 0) is 15.8 Å². The van der Waals surface area contributed by atoms with Crippen LogP contribution in [0, 0.1) is 5.82 Å². The Bertz CT molecular complexity index is 527. The molecule has 0 amide bonds. The van der Waals surface area contributed by atoms with Crippen molar-refractivity contribution in [2.75, 3.05) is 6.61 Å². The predicted octanol–water partition coefficient (Wildman–Crippen LogP) is 4.34. The van der Waals surface area contributed by atoms with E-state index < -0.39 is 24.4 Å². The van der Waals surface area contributed by atoms with Crippen molar-refractivity contribution < 1.29 is 13.4 Å². The Balaban J connectivity index is 2.95. The van der Waals surface area contributed by atoms with Crippen LogP contribution in [0.25, 0.3) is 0 Å². The van der Waals surface area contributed by atoms with Gasteiger partial charge >= 0.3 is 0 Å². The molecule has 0 bridgehead atoms. The van der Waals surface area contributed by atoms with Crippen LogP contribution in [0.4, 0.5) is 4.39 Å². The van der Waals surface area contributed by atoms with Gasteiger partial charge in [0, 0.05) is 11.4 Å². The fraction of sp³-hybridized carbons (Fsp3) is 0.706. The Kier molecular flexibility index (Phi) is 7.03. The zero-order valence-corrected chi connectivity index (χ0v) is 17.9. The summed E-state index contributed by atoms with van der Waals surface area (Å²) in [6.45, 7) is 16.9. The molecular formula is C17H31FN2O2SSi. The first kappa shape index (κ1) is 21.6. The minimum Gasteiger partial charge on any atom is -0.598 e. The highest BCUT2D eigenvalue weighted by Crippen LogP contribution is 2.37. The van der Waals surface area contributed by atoms with Crippen LogP contribution in [0.2, 0.25) is 18.1 Å². The van der Waals surface area contributed by atoms with E-state index in [0.717, 1.165) is 0 Å². The maximum absolute atomic E-state index is 13.2. The number of halogens is 1. The molecule has 1 aromatic heterocycles. The minimum absolute atomic E-state index is 0.0803. The van der Waals surface area contributed by atoms with Crippen LogP contribution >= 0.6 is 0 Å². The van der Waals surface area contributed by atoms with Crippen molar-refractivity contribution in [1.82, 2.24) is 9.71 Å². The van der Waals surface area contributed by atoms with Crippen LogP contribution in [0.15, 0.2) is 18.3 Å². The Hall–Kier alpha value is -0.473. The maximum Gasteiger partial charge on any atom is 0.192 e. The Labute approximate surface area is 150 Å². The second-order valence-corrected chi connectivity index (χ2v) is 15.3.